The first-order valence-corrected chi connectivity index (χ1v) is 7.99. The van der Waals surface area contributed by atoms with Gasteiger partial charge in [0, 0.05) is 13.1 Å². The highest BCUT2D eigenvalue weighted by Gasteiger charge is 2.33. The lowest BCUT2D eigenvalue weighted by Crippen LogP contribution is -2.45. The van der Waals surface area contributed by atoms with Crippen molar-refractivity contribution in [2.24, 2.45) is 5.92 Å². The van der Waals surface area contributed by atoms with E-state index in [-0.39, 0.29) is 17.4 Å². The molecule has 1 aliphatic rings. The molecule has 1 heterocycles. The van der Waals surface area contributed by atoms with Gasteiger partial charge in [-0.25, -0.2) is 8.42 Å². The van der Waals surface area contributed by atoms with Crippen molar-refractivity contribution in [1.29, 1.82) is 5.26 Å². The Kier molecular flexibility index (Phi) is 4.14. The molecule has 2 rings (SSSR count). The van der Waals surface area contributed by atoms with E-state index in [4.69, 9.17) is 5.26 Å². The molecule has 0 radical (unpaired) electrons. The molecule has 1 aliphatic heterocycles. The first kappa shape index (κ1) is 15.0. The summed E-state index contributed by atoms with van der Waals surface area (Å²) in [5, 5.41) is 18.8. The third-order valence-electron chi connectivity index (χ3n) is 3.82. The van der Waals surface area contributed by atoms with Gasteiger partial charge < -0.3 is 5.11 Å². The van der Waals surface area contributed by atoms with Crippen molar-refractivity contribution in [3.63, 3.8) is 0 Å². The van der Waals surface area contributed by atoms with Crippen LogP contribution in [0.2, 0.25) is 0 Å². The zero-order valence-corrected chi connectivity index (χ0v) is 12.4. The number of aryl methyl sites for hydroxylation is 1. The number of β-amino-alcohol motifs (C(OH)–C–C–N with tert-alkyl or cyclic N) is 1. The topological polar surface area (TPSA) is 81.4 Å². The molecule has 0 amide bonds. The van der Waals surface area contributed by atoms with Crippen molar-refractivity contribution in [3.8, 4) is 6.07 Å². The third-order valence-corrected chi connectivity index (χ3v) is 5.82. The molecule has 2 atom stereocenters. The zero-order chi connectivity index (χ0) is 14.9. The molecule has 1 aromatic rings. The van der Waals surface area contributed by atoms with Crippen LogP contribution in [0.4, 0.5) is 0 Å². The minimum absolute atomic E-state index is 0.105. The molecule has 0 spiro atoms. The van der Waals surface area contributed by atoms with E-state index >= 15 is 0 Å². The van der Waals surface area contributed by atoms with Gasteiger partial charge in [-0.1, -0.05) is 13.0 Å². The Morgan fingerprint density at radius 3 is 2.75 bits per heavy atom. The monoisotopic (exact) mass is 294 g/mol. The van der Waals surface area contributed by atoms with Crippen molar-refractivity contribution >= 4 is 10.0 Å². The highest BCUT2D eigenvalue weighted by molar-refractivity contribution is 7.89. The number of aliphatic hydroxyl groups is 1. The van der Waals surface area contributed by atoms with Gasteiger partial charge in [0.2, 0.25) is 10.0 Å². The highest BCUT2D eigenvalue weighted by Crippen LogP contribution is 2.26. The molecule has 108 valence electrons. The fourth-order valence-corrected chi connectivity index (χ4v) is 4.05. The average Bonchev–Trinajstić information content (AvgIpc) is 2.42. The summed E-state index contributed by atoms with van der Waals surface area (Å²) in [7, 11) is -3.66. The predicted molar refractivity (Wildman–Crippen MR) is 74.4 cm³/mol. The molecule has 6 heteroatoms. The van der Waals surface area contributed by atoms with Gasteiger partial charge in [0.1, 0.15) is 0 Å². The predicted octanol–water partition coefficient (Wildman–Crippen LogP) is 1.26. The van der Waals surface area contributed by atoms with E-state index in [0.29, 0.717) is 24.1 Å². The van der Waals surface area contributed by atoms with Crippen LogP contribution in [0.1, 0.15) is 24.5 Å². The molecule has 2 unspecified atom stereocenters. The summed E-state index contributed by atoms with van der Waals surface area (Å²) in [6, 6.07) is 6.58. The number of piperidine rings is 1. The van der Waals surface area contributed by atoms with E-state index in [2.05, 4.69) is 0 Å². The Balaban J connectivity index is 2.38. The quantitative estimate of drug-likeness (QED) is 0.890. The number of aliphatic hydroxyl groups excluding tert-OH is 1. The van der Waals surface area contributed by atoms with Gasteiger partial charge in [-0.15, -0.1) is 0 Å². The lowest BCUT2D eigenvalue weighted by Gasteiger charge is -2.33. The number of nitriles is 1. The second kappa shape index (κ2) is 5.52. The Bertz CT molecular complexity index is 649. The Hall–Kier alpha value is -1.42. The van der Waals surface area contributed by atoms with Crippen LogP contribution in [0.15, 0.2) is 23.1 Å². The second-order valence-electron chi connectivity index (χ2n) is 5.29. The first-order valence-electron chi connectivity index (χ1n) is 6.55. The van der Waals surface area contributed by atoms with E-state index in [0.717, 1.165) is 0 Å². The molecule has 5 nitrogen and oxygen atoms in total. The van der Waals surface area contributed by atoms with Crippen LogP contribution < -0.4 is 0 Å². The van der Waals surface area contributed by atoms with Crippen LogP contribution in [0.5, 0.6) is 0 Å². The van der Waals surface area contributed by atoms with Gasteiger partial charge in [0.15, 0.2) is 0 Å². The van der Waals surface area contributed by atoms with E-state index in [1.54, 1.807) is 19.1 Å². The smallest absolute Gasteiger partial charge is 0.243 e. The van der Waals surface area contributed by atoms with Crippen LogP contribution in [-0.4, -0.2) is 37.0 Å². The number of hydrogen-bond acceptors (Lipinski definition) is 4. The first-order chi connectivity index (χ1) is 9.36. The normalized spacial score (nSPS) is 24.3. The lowest BCUT2D eigenvalue weighted by molar-refractivity contribution is 0.0605. The van der Waals surface area contributed by atoms with Gasteiger partial charge in [0.25, 0.3) is 0 Å². The highest BCUT2D eigenvalue weighted by atomic mass is 32.2. The summed E-state index contributed by atoms with van der Waals surface area (Å²) in [6.45, 7) is 4.13. The van der Waals surface area contributed by atoms with Crippen LogP contribution in [0.3, 0.4) is 0 Å². The number of sulfonamides is 1. The van der Waals surface area contributed by atoms with Crippen molar-refractivity contribution in [3.05, 3.63) is 29.3 Å². The minimum Gasteiger partial charge on any atom is -0.391 e. The number of benzene rings is 1. The second-order valence-corrected chi connectivity index (χ2v) is 7.19. The summed E-state index contributed by atoms with van der Waals surface area (Å²) in [5.74, 6) is 0.105. The lowest BCUT2D eigenvalue weighted by atomic mass is 9.98. The Morgan fingerprint density at radius 1 is 1.45 bits per heavy atom. The number of hydrogen-bond donors (Lipinski definition) is 1. The van der Waals surface area contributed by atoms with Gasteiger partial charge in [0.05, 0.1) is 22.6 Å². The van der Waals surface area contributed by atoms with E-state index in [9.17, 15) is 13.5 Å². The van der Waals surface area contributed by atoms with Crippen molar-refractivity contribution < 1.29 is 13.5 Å². The molecule has 1 saturated heterocycles. The summed E-state index contributed by atoms with van der Waals surface area (Å²) in [6.07, 6.45) is -0.00446. The Labute approximate surface area is 119 Å². The van der Waals surface area contributed by atoms with Crippen molar-refractivity contribution in [2.75, 3.05) is 13.1 Å². The fourth-order valence-electron chi connectivity index (χ4n) is 2.32. The molecule has 0 saturated carbocycles. The van der Waals surface area contributed by atoms with Gasteiger partial charge in [-0.05, 0) is 37.0 Å². The molecule has 0 aliphatic carbocycles. The van der Waals surface area contributed by atoms with Crippen LogP contribution in [-0.2, 0) is 10.0 Å². The third kappa shape index (κ3) is 2.70. The summed E-state index contributed by atoms with van der Waals surface area (Å²) >= 11 is 0. The largest absolute Gasteiger partial charge is 0.391 e. The molecule has 1 fully saturated rings. The van der Waals surface area contributed by atoms with Crippen LogP contribution in [0.25, 0.3) is 0 Å². The zero-order valence-electron chi connectivity index (χ0n) is 11.6. The minimum atomic E-state index is -3.66. The number of nitrogens with zero attached hydrogens (tertiary/aromatic N) is 2. The van der Waals surface area contributed by atoms with E-state index in [1.165, 1.54) is 10.4 Å². The Morgan fingerprint density at radius 2 is 2.15 bits per heavy atom. The molecule has 1 aromatic carbocycles. The average molecular weight is 294 g/mol. The molecule has 0 bridgehead atoms. The maximum absolute atomic E-state index is 12.6. The summed E-state index contributed by atoms with van der Waals surface area (Å²) in [4.78, 5) is 0.151. The standard InChI is InChI=1S/C14H18N2O3S/c1-10-5-6-16(9-13(10)17)20(18,19)14-7-12(8-15)4-3-11(14)2/h3-4,7,10,13,17H,5-6,9H2,1-2H3. The molecule has 0 aromatic heterocycles. The van der Waals surface area contributed by atoms with E-state index < -0.39 is 16.1 Å². The molecule has 1 N–H and O–H groups in total. The maximum Gasteiger partial charge on any atom is 0.243 e. The van der Waals surface area contributed by atoms with Gasteiger partial charge >= 0.3 is 0 Å². The van der Waals surface area contributed by atoms with E-state index in [1.807, 2.05) is 13.0 Å². The van der Waals surface area contributed by atoms with Crippen molar-refractivity contribution in [2.45, 2.75) is 31.3 Å². The van der Waals surface area contributed by atoms with Crippen LogP contribution in [0, 0.1) is 24.2 Å². The van der Waals surface area contributed by atoms with Gasteiger partial charge in [-0.2, -0.15) is 9.57 Å². The van der Waals surface area contributed by atoms with Crippen molar-refractivity contribution in [1.82, 2.24) is 4.31 Å². The molecule has 20 heavy (non-hydrogen) atoms. The van der Waals surface area contributed by atoms with Gasteiger partial charge in [-0.3, -0.25) is 0 Å². The number of rotatable bonds is 2. The van der Waals surface area contributed by atoms with Crippen LogP contribution >= 0.6 is 0 Å². The fraction of sp³-hybridized carbons (Fsp3) is 0.500. The molecular formula is C14H18N2O3S. The summed E-state index contributed by atoms with van der Waals surface area (Å²) in [5.41, 5.74) is 0.928. The molecular weight excluding hydrogens is 276 g/mol. The maximum atomic E-state index is 12.6. The summed E-state index contributed by atoms with van der Waals surface area (Å²) < 4.78 is 26.6. The SMILES string of the molecule is Cc1ccc(C#N)cc1S(=O)(=O)N1CCC(C)C(O)C1.